The van der Waals surface area contributed by atoms with Crippen molar-refractivity contribution in [1.29, 1.82) is 0 Å². The van der Waals surface area contributed by atoms with Crippen LogP contribution in [0.15, 0.2) is 76.0 Å². The zero-order valence-corrected chi connectivity index (χ0v) is 17.9. The molecule has 0 amide bonds. The Morgan fingerprint density at radius 3 is 2.65 bits per heavy atom. The van der Waals surface area contributed by atoms with E-state index in [0.29, 0.717) is 33.7 Å². The lowest BCUT2D eigenvalue weighted by Gasteiger charge is -2.14. The number of hydrogen-bond acceptors (Lipinski definition) is 5. The van der Waals surface area contributed by atoms with Gasteiger partial charge in [-0.1, -0.05) is 46.3 Å². The van der Waals surface area contributed by atoms with Crippen LogP contribution in [0.1, 0.15) is 11.4 Å². The number of para-hydroxylation sites is 2. The molecule has 8 heteroatoms. The Labute approximate surface area is 185 Å². The molecule has 0 fully saturated rings. The number of fused-ring (bicyclic) bond motifs is 1. The van der Waals surface area contributed by atoms with Crippen molar-refractivity contribution in [2.24, 2.45) is 0 Å². The normalized spacial score (nSPS) is 11.2. The Hall–Kier alpha value is -3.78. The Bertz CT molecular complexity index is 1400. The van der Waals surface area contributed by atoms with Crippen LogP contribution in [-0.4, -0.2) is 21.6 Å². The fourth-order valence-electron chi connectivity index (χ4n) is 3.25. The maximum absolute atomic E-state index is 13.4. The topological polar surface area (TPSA) is 87.3 Å². The van der Waals surface area contributed by atoms with Crippen LogP contribution in [0.5, 0.6) is 5.75 Å². The smallest absolute Gasteiger partial charge is 0.270 e. The molecule has 0 aliphatic rings. The first-order valence-electron chi connectivity index (χ1n) is 9.26. The van der Waals surface area contributed by atoms with Gasteiger partial charge in [0.25, 0.3) is 11.2 Å². The van der Waals surface area contributed by atoms with Gasteiger partial charge in [-0.05, 0) is 42.0 Å². The summed E-state index contributed by atoms with van der Waals surface area (Å²) in [5.74, 6) is 0.890. The summed E-state index contributed by atoms with van der Waals surface area (Å²) in [6.45, 7) is 0. The quantitative estimate of drug-likeness (QED) is 0.289. The molecule has 154 valence electrons. The van der Waals surface area contributed by atoms with Crippen LogP contribution in [0.4, 0.5) is 5.69 Å². The molecule has 0 atom stereocenters. The van der Waals surface area contributed by atoms with Gasteiger partial charge >= 0.3 is 0 Å². The number of rotatable bonds is 5. The number of aromatic nitrogens is 2. The van der Waals surface area contributed by atoms with Gasteiger partial charge < -0.3 is 4.74 Å². The molecule has 0 aliphatic carbocycles. The maximum Gasteiger partial charge on any atom is 0.270 e. The zero-order chi connectivity index (χ0) is 22.0. The second-order valence-electron chi connectivity index (χ2n) is 6.63. The van der Waals surface area contributed by atoms with Crippen molar-refractivity contribution < 1.29 is 9.66 Å². The predicted molar refractivity (Wildman–Crippen MR) is 124 cm³/mol. The number of nitro groups is 1. The van der Waals surface area contributed by atoms with Crippen LogP contribution in [0.2, 0.25) is 0 Å². The van der Waals surface area contributed by atoms with Gasteiger partial charge in [-0.2, -0.15) is 0 Å². The number of nitro benzene ring substituents is 1. The molecule has 0 bridgehead atoms. The number of hydrogen-bond donors (Lipinski definition) is 0. The molecule has 0 saturated carbocycles. The Balaban J connectivity index is 1.95. The minimum Gasteiger partial charge on any atom is -0.495 e. The summed E-state index contributed by atoms with van der Waals surface area (Å²) in [6.07, 6.45) is 3.35. The van der Waals surface area contributed by atoms with E-state index in [4.69, 9.17) is 4.74 Å². The lowest BCUT2D eigenvalue weighted by atomic mass is 10.1. The van der Waals surface area contributed by atoms with E-state index >= 15 is 0 Å². The number of ether oxygens (including phenoxy) is 1. The molecule has 1 aromatic heterocycles. The molecular formula is C23H16BrN3O4. The largest absolute Gasteiger partial charge is 0.495 e. The molecule has 0 N–H and O–H groups in total. The molecule has 0 radical (unpaired) electrons. The maximum atomic E-state index is 13.4. The van der Waals surface area contributed by atoms with Crippen molar-refractivity contribution in [3.63, 3.8) is 0 Å². The van der Waals surface area contributed by atoms with Gasteiger partial charge in [0.15, 0.2) is 0 Å². The van der Waals surface area contributed by atoms with E-state index < -0.39 is 4.92 Å². The highest BCUT2D eigenvalue weighted by Crippen LogP contribution is 2.25. The average Bonchev–Trinajstić information content (AvgIpc) is 2.78. The van der Waals surface area contributed by atoms with E-state index in [1.54, 1.807) is 48.6 Å². The van der Waals surface area contributed by atoms with Crippen LogP contribution in [-0.2, 0) is 0 Å². The zero-order valence-electron chi connectivity index (χ0n) is 16.4. The molecule has 0 aliphatic heterocycles. The van der Waals surface area contributed by atoms with Crippen molar-refractivity contribution >= 4 is 44.7 Å². The molecule has 31 heavy (non-hydrogen) atoms. The molecule has 1 heterocycles. The van der Waals surface area contributed by atoms with Crippen LogP contribution in [0.3, 0.4) is 0 Å². The molecular weight excluding hydrogens is 462 g/mol. The van der Waals surface area contributed by atoms with E-state index in [0.717, 1.165) is 4.47 Å². The first kappa shape index (κ1) is 20.5. The highest BCUT2D eigenvalue weighted by molar-refractivity contribution is 9.10. The van der Waals surface area contributed by atoms with Gasteiger partial charge in [0.2, 0.25) is 0 Å². The van der Waals surface area contributed by atoms with Gasteiger partial charge in [-0.15, -0.1) is 0 Å². The van der Waals surface area contributed by atoms with Crippen LogP contribution in [0, 0.1) is 10.1 Å². The van der Waals surface area contributed by atoms with Crippen molar-refractivity contribution in [3.8, 4) is 11.4 Å². The van der Waals surface area contributed by atoms with Crippen LogP contribution >= 0.6 is 15.9 Å². The minimum atomic E-state index is -0.450. The van der Waals surface area contributed by atoms with Gasteiger partial charge in [0.05, 0.1) is 28.6 Å². The second-order valence-corrected chi connectivity index (χ2v) is 7.54. The number of benzene rings is 3. The monoisotopic (exact) mass is 477 g/mol. The third-order valence-electron chi connectivity index (χ3n) is 4.69. The fraction of sp³-hybridized carbons (Fsp3) is 0.0435. The summed E-state index contributed by atoms with van der Waals surface area (Å²) in [6, 6.07) is 18.7. The molecule has 3 aromatic carbocycles. The summed E-state index contributed by atoms with van der Waals surface area (Å²) in [5.41, 5.74) is 1.43. The summed E-state index contributed by atoms with van der Waals surface area (Å²) in [7, 11) is 1.54. The average molecular weight is 478 g/mol. The standard InChI is InChI=1S/C23H16BrN3O4/c1-31-21-8-3-2-7-20(21)26-22(12-9-15-5-4-6-17(13-15)27(29)30)25-19-11-10-16(24)14-18(19)23(26)28/h2-14H,1H3/b12-9+. The van der Waals surface area contributed by atoms with Gasteiger partial charge in [-0.3, -0.25) is 19.5 Å². The van der Waals surface area contributed by atoms with Crippen molar-refractivity contribution in [3.05, 3.63) is 103 Å². The number of halogens is 1. The van der Waals surface area contributed by atoms with E-state index in [9.17, 15) is 14.9 Å². The van der Waals surface area contributed by atoms with Crippen molar-refractivity contribution in [1.82, 2.24) is 9.55 Å². The first-order chi connectivity index (χ1) is 15.0. The van der Waals surface area contributed by atoms with E-state index in [2.05, 4.69) is 20.9 Å². The highest BCUT2D eigenvalue weighted by Gasteiger charge is 2.15. The Kier molecular flexibility index (Phi) is 5.64. The molecule has 0 unspecified atom stereocenters. The van der Waals surface area contributed by atoms with Crippen molar-refractivity contribution in [2.75, 3.05) is 7.11 Å². The predicted octanol–water partition coefficient (Wildman–Crippen LogP) is 5.24. The molecule has 0 saturated heterocycles. The highest BCUT2D eigenvalue weighted by atomic mass is 79.9. The lowest BCUT2D eigenvalue weighted by molar-refractivity contribution is -0.384. The van der Waals surface area contributed by atoms with Crippen molar-refractivity contribution in [2.45, 2.75) is 0 Å². The Morgan fingerprint density at radius 1 is 1.06 bits per heavy atom. The SMILES string of the molecule is COc1ccccc1-n1c(/C=C/c2cccc([N+](=O)[O-])c2)nc2ccc(Br)cc2c1=O. The van der Waals surface area contributed by atoms with Gasteiger partial charge in [-0.25, -0.2) is 4.98 Å². The molecule has 4 aromatic rings. The van der Waals surface area contributed by atoms with Crippen LogP contribution in [0.25, 0.3) is 28.7 Å². The van der Waals surface area contributed by atoms with Gasteiger partial charge in [0, 0.05) is 16.6 Å². The lowest BCUT2D eigenvalue weighted by Crippen LogP contribution is -2.22. The number of nitrogens with zero attached hydrogens (tertiary/aromatic N) is 3. The number of non-ortho nitro benzene ring substituents is 1. The minimum absolute atomic E-state index is 0.0133. The van der Waals surface area contributed by atoms with E-state index in [1.807, 2.05) is 18.2 Å². The first-order valence-corrected chi connectivity index (χ1v) is 10.1. The van der Waals surface area contributed by atoms with Crippen LogP contribution < -0.4 is 10.3 Å². The van der Waals surface area contributed by atoms with E-state index in [1.165, 1.54) is 23.8 Å². The van der Waals surface area contributed by atoms with Gasteiger partial charge in [0.1, 0.15) is 11.6 Å². The molecule has 7 nitrogen and oxygen atoms in total. The molecule has 4 rings (SSSR count). The summed E-state index contributed by atoms with van der Waals surface area (Å²) in [5, 5.41) is 11.5. The van der Waals surface area contributed by atoms with E-state index in [-0.39, 0.29) is 11.2 Å². The Morgan fingerprint density at radius 2 is 1.87 bits per heavy atom. The summed E-state index contributed by atoms with van der Waals surface area (Å²) < 4.78 is 7.70. The summed E-state index contributed by atoms with van der Waals surface area (Å²) >= 11 is 3.40. The summed E-state index contributed by atoms with van der Waals surface area (Å²) in [4.78, 5) is 28.7. The second kappa shape index (κ2) is 8.53. The third kappa shape index (κ3) is 4.10. The number of methoxy groups -OCH3 is 1. The third-order valence-corrected chi connectivity index (χ3v) is 5.18. The molecule has 0 spiro atoms. The fourth-order valence-corrected chi connectivity index (χ4v) is 3.61.